The molecule has 0 amide bonds. The van der Waals surface area contributed by atoms with Crippen LogP contribution in [0.2, 0.25) is 18.1 Å². The lowest BCUT2D eigenvalue weighted by molar-refractivity contribution is -0.139. The van der Waals surface area contributed by atoms with Gasteiger partial charge in [0.2, 0.25) is 0 Å². The van der Waals surface area contributed by atoms with E-state index in [0.29, 0.717) is 12.0 Å². The monoisotopic (exact) mass is 452 g/mol. The normalized spacial score (nSPS) is 36.9. The summed E-state index contributed by atoms with van der Waals surface area (Å²) in [5.74, 6) is -0.923. The highest BCUT2D eigenvalue weighted by Crippen LogP contribution is 2.77. The van der Waals surface area contributed by atoms with Gasteiger partial charge in [-0.2, -0.15) is 0 Å². The number of nitrogens with zero attached hydrogens (tertiary/aromatic N) is 1. The van der Waals surface area contributed by atoms with Crippen molar-refractivity contribution in [2.45, 2.75) is 95.0 Å². The van der Waals surface area contributed by atoms with Gasteiger partial charge >= 0.3 is 11.7 Å². The van der Waals surface area contributed by atoms with E-state index in [1.807, 2.05) is 0 Å². The second kappa shape index (κ2) is 6.40. The second-order valence-corrected chi connectivity index (χ2v) is 15.9. The molecule has 3 fully saturated rings. The number of carboxylic acids is 1. The zero-order valence-corrected chi connectivity index (χ0v) is 19.9. The van der Waals surface area contributed by atoms with E-state index in [0.717, 1.165) is 0 Å². The third-order valence-corrected chi connectivity index (χ3v) is 12.4. The molecule has 4 rings (SSSR count). The summed E-state index contributed by atoms with van der Waals surface area (Å²) in [7, 11) is -2.32. The van der Waals surface area contributed by atoms with Crippen molar-refractivity contribution in [1.29, 1.82) is 0 Å². The molecule has 10 heteroatoms. The minimum Gasteiger partial charge on any atom is -0.481 e. The number of hydrogen-bond donors (Lipinski definition) is 3. The standard InChI is InChI=1S/C21H32N2O7Si/c1-12-9-23(17(27)22-15(12)26)13-7-20(28)10-19(8-14(24)25)11-21(19,16(20)29-13)30-31(5,6)18(2,3)4/h9,13,16,28H,7-8,10-11H2,1-6H3,(H,24,25)(H,22,26,27)/t13-,16?,19-,20-,21+/m1/s1. The van der Waals surface area contributed by atoms with E-state index < -0.39 is 54.5 Å². The highest BCUT2D eigenvalue weighted by molar-refractivity contribution is 6.74. The van der Waals surface area contributed by atoms with Gasteiger partial charge in [0.15, 0.2) is 8.32 Å². The van der Waals surface area contributed by atoms with E-state index in [9.17, 15) is 24.6 Å². The van der Waals surface area contributed by atoms with Gasteiger partial charge in [0, 0.05) is 23.6 Å². The highest BCUT2D eigenvalue weighted by atomic mass is 28.4. The van der Waals surface area contributed by atoms with Gasteiger partial charge in [-0.3, -0.25) is 19.1 Å². The van der Waals surface area contributed by atoms with Gasteiger partial charge in [0.25, 0.3) is 5.56 Å². The van der Waals surface area contributed by atoms with Crippen LogP contribution in [-0.2, 0) is 14.0 Å². The van der Waals surface area contributed by atoms with Crippen LogP contribution in [0, 0.1) is 12.3 Å². The first-order valence-electron chi connectivity index (χ1n) is 10.7. The average molecular weight is 453 g/mol. The molecule has 172 valence electrons. The summed E-state index contributed by atoms with van der Waals surface area (Å²) >= 11 is 0. The molecule has 2 aliphatic carbocycles. The van der Waals surface area contributed by atoms with Crippen molar-refractivity contribution in [1.82, 2.24) is 9.55 Å². The maximum Gasteiger partial charge on any atom is 0.330 e. The molecule has 3 aliphatic rings. The average Bonchev–Trinajstić information content (AvgIpc) is 2.91. The van der Waals surface area contributed by atoms with E-state index in [4.69, 9.17) is 9.16 Å². The van der Waals surface area contributed by atoms with Crippen LogP contribution in [0.15, 0.2) is 15.8 Å². The molecule has 0 aromatic carbocycles. The summed E-state index contributed by atoms with van der Waals surface area (Å²) in [4.78, 5) is 38.1. The van der Waals surface area contributed by atoms with Crippen LogP contribution in [-0.4, -0.2) is 51.4 Å². The molecular weight excluding hydrogens is 420 g/mol. The quantitative estimate of drug-likeness (QED) is 0.582. The number of aliphatic hydroxyl groups is 1. The Bertz CT molecular complexity index is 1060. The minimum absolute atomic E-state index is 0.0911. The van der Waals surface area contributed by atoms with Crippen molar-refractivity contribution in [2.75, 3.05) is 0 Å². The van der Waals surface area contributed by atoms with E-state index in [1.165, 1.54) is 10.8 Å². The van der Waals surface area contributed by atoms with Gasteiger partial charge in [-0.25, -0.2) is 4.79 Å². The number of ether oxygens (including phenoxy) is 1. The van der Waals surface area contributed by atoms with Crippen molar-refractivity contribution >= 4 is 14.3 Å². The lowest BCUT2D eigenvalue weighted by atomic mass is 9.88. The van der Waals surface area contributed by atoms with Gasteiger partial charge in [0.05, 0.1) is 17.6 Å². The van der Waals surface area contributed by atoms with Gasteiger partial charge in [-0.05, 0) is 37.9 Å². The number of aromatic nitrogens is 2. The fourth-order valence-electron chi connectivity index (χ4n) is 5.41. The minimum atomic E-state index is -2.32. The zero-order valence-electron chi connectivity index (χ0n) is 18.9. The Kier molecular flexibility index (Phi) is 4.63. The first kappa shape index (κ1) is 22.4. The molecule has 1 unspecified atom stereocenters. The third kappa shape index (κ3) is 3.18. The molecule has 5 atom stereocenters. The number of carbonyl (C=O) groups is 1. The summed E-state index contributed by atoms with van der Waals surface area (Å²) in [6, 6.07) is 0. The lowest BCUT2D eigenvalue weighted by Crippen LogP contribution is -2.52. The maximum absolute atomic E-state index is 12.4. The number of fused-ring (bicyclic) bond motifs is 3. The molecule has 0 radical (unpaired) electrons. The fourth-order valence-corrected chi connectivity index (χ4v) is 7.02. The first-order chi connectivity index (χ1) is 14.1. The molecule has 2 heterocycles. The third-order valence-electron chi connectivity index (χ3n) is 7.94. The van der Waals surface area contributed by atoms with Gasteiger partial charge in [0.1, 0.15) is 12.3 Å². The van der Waals surface area contributed by atoms with E-state index in [2.05, 4.69) is 38.8 Å². The molecule has 0 spiro atoms. The predicted molar refractivity (Wildman–Crippen MR) is 114 cm³/mol. The molecule has 31 heavy (non-hydrogen) atoms. The molecular formula is C21H32N2O7Si. The van der Waals surface area contributed by atoms with E-state index >= 15 is 0 Å². The largest absolute Gasteiger partial charge is 0.481 e. The molecule has 0 bridgehead atoms. The number of carboxylic acid groups (broad SMARTS) is 1. The van der Waals surface area contributed by atoms with Gasteiger partial charge < -0.3 is 19.4 Å². The van der Waals surface area contributed by atoms with Crippen LogP contribution in [0.3, 0.4) is 0 Å². The van der Waals surface area contributed by atoms with Gasteiger partial charge in [-0.15, -0.1) is 0 Å². The second-order valence-electron chi connectivity index (χ2n) is 11.2. The molecule has 1 aromatic rings. The zero-order chi connectivity index (χ0) is 23.2. The van der Waals surface area contributed by atoms with Crippen LogP contribution >= 0.6 is 0 Å². The summed E-state index contributed by atoms with van der Waals surface area (Å²) in [6.45, 7) is 12.1. The van der Waals surface area contributed by atoms with E-state index in [-0.39, 0.29) is 24.3 Å². The van der Waals surface area contributed by atoms with Crippen molar-refractivity contribution in [2.24, 2.45) is 5.41 Å². The maximum atomic E-state index is 12.4. The van der Waals surface area contributed by atoms with Crippen LogP contribution in [0.25, 0.3) is 0 Å². The van der Waals surface area contributed by atoms with Crippen LogP contribution in [0.5, 0.6) is 0 Å². The lowest BCUT2D eigenvalue weighted by Gasteiger charge is -2.42. The summed E-state index contributed by atoms with van der Waals surface area (Å²) in [6.07, 6.45) is 0.741. The topological polar surface area (TPSA) is 131 Å². The molecule has 2 saturated carbocycles. The molecule has 3 N–H and O–H groups in total. The molecule has 1 saturated heterocycles. The Morgan fingerprint density at radius 1 is 1.35 bits per heavy atom. The number of hydrogen-bond acceptors (Lipinski definition) is 6. The Morgan fingerprint density at radius 3 is 2.58 bits per heavy atom. The fraction of sp³-hybridized carbons (Fsp3) is 0.762. The summed E-state index contributed by atoms with van der Waals surface area (Å²) < 4.78 is 14.4. The molecule has 1 aromatic heterocycles. The Hall–Kier alpha value is -1.75. The highest BCUT2D eigenvalue weighted by Gasteiger charge is 2.85. The Morgan fingerprint density at radius 2 is 2.00 bits per heavy atom. The number of rotatable bonds is 5. The van der Waals surface area contributed by atoms with Crippen molar-refractivity contribution in [3.05, 3.63) is 32.6 Å². The van der Waals surface area contributed by atoms with Crippen molar-refractivity contribution < 1.29 is 24.2 Å². The van der Waals surface area contributed by atoms with E-state index in [1.54, 1.807) is 6.92 Å². The number of aliphatic carboxylic acids is 1. The predicted octanol–water partition coefficient (Wildman–Crippen LogP) is 1.89. The van der Waals surface area contributed by atoms with Crippen LogP contribution in [0.4, 0.5) is 0 Å². The van der Waals surface area contributed by atoms with Crippen LogP contribution < -0.4 is 11.2 Å². The molecule has 9 nitrogen and oxygen atoms in total. The SMILES string of the molecule is Cc1cn([C@H]2C[C@@]3(O)C[C@]4(CC(=O)O)C[C@]4(O[Si](C)(C)C(C)(C)C)C3O2)c(=O)[nH]c1=O. The Balaban J connectivity index is 1.72. The molecule has 1 aliphatic heterocycles. The van der Waals surface area contributed by atoms with Crippen molar-refractivity contribution in [3.8, 4) is 0 Å². The van der Waals surface area contributed by atoms with Crippen molar-refractivity contribution in [3.63, 3.8) is 0 Å². The van der Waals surface area contributed by atoms with Gasteiger partial charge in [-0.1, -0.05) is 20.8 Å². The first-order valence-corrected chi connectivity index (χ1v) is 13.6. The van der Waals surface area contributed by atoms with Crippen LogP contribution in [0.1, 0.15) is 58.2 Å². The summed E-state index contributed by atoms with van der Waals surface area (Å²) in [5.41, 5.74) is -3.56. The summed E-state index contributed by atoms with van der Waals surface area (Å²) in [5, 5.41) is 21.0. The number of nitrogens with one attached hydrogen (secondary N) is 1. The Labute approximate surface area is 181 Å². The number of aryl methyl sites for hydroxylation is 1. The smallest absolute Gasteiger partial charge is 0.330 e. The number of H-pyrrole nitrogens is 1. The number of aromatic amines is 1.